The molecular formula is C8H13N5O2. The largest absolute Gasteiger partial charge is 0.409 e. The highest BCUT2D eigenvalue weighted by molar-refractivity contribution is 6.04. The maximum Gasteiger partial charge on any atom is 0.225 e. The van der Waals surface area contributed by atoms with E-state index < -0.39 is 0 Å². The van der Waals surface area contributed by atoms with E-state index in [9.17, 15) is 4.79 Å². The number of anilines is 1. The summed E-state index contributed by atoms with van der Waals surface area (Å²) in [6, 6.07) is 0. The van der Waals surface area contributed by atoms with E-state index in [4.69, 9.17) is 10.9 Å². The van der Waals surface area contributed by atoms with Crippen LogP contribution in [0.2, 0.25) is 0 Å². The number of nitrogens with zero attached hydrogens (tertiary/aromatic N) is 2. The van der Waals surface area contributed by atoms with E-state index in [1.54, 1.807) is 0 Å². The minimum Gasteiger partial charge on any atom is -0.409 e. The van der Waals surface area contributed by atoms with Gasteiger partial charge in [-0.15, -0.1) is 0 Å². The van der Waals surface area contributed by atoms with Crippen LogP contribution in [0.15, 0.2) is 11.4 Å². The SMILES string of the molecule is CCCC(=O)Nc1[nH]ncc1C(N)=NO. The van der Waals surface area contributed by atoms with Crippen molar-refractivity contribution in [3.63, 3.8) is 0 Å². The number of aromatic amines is 1. The normalized spacial score (nSPS) is 11.4. The molecule has 0 saturated carbocycles. The zero-order valence-electron chi connectivity index (χ0n) is 8.32. The summed E-state index contributed by atoms with van der Waals surface area (Å²) in [5.41, 5.74) is 5.74. The lowest BCUT2D eigenvalue weighted by atomic mass is 10.3. The quantitative estimate of drug-likeness (QED) is 0.247. The minimum absolute atomic E-state index is 0.101. The van der Waals surface area contributed by atoms with E-state index in [2.05, 4.69) is 20.7 Å². The number of aromatic nitrogens is 2. The van der Waals surface area contributed by atoms with Gasteiger partial charge in [0.25, 0.3) is 0 Å². The summed E-state index contributed by atoms with van der Waals surface area (Å²) in [6.07, 6.45) is 2.53. The summed E-state index contributed by atoms with van der Waals surface area (Å²) in [5.74, 6) is 0.0908. The Balaban J connectivity index is 2.78. The van der Waals surface area contributed by atoms with Crippen LogP contribution in [0, 0.1) is 0 Å². The average Bonchev–Trinajstić information content (AvgIpc) is 2.65. The topological polar surface area (TPSA) is 116 Å². The molecule has 0 aliphatic rings. The third-order valence-electron chi connectivity index (χ3n) is 1.76. The van der Waals surface area contributed by atoms with Crippen molar-refractivity contribution in [2.75, 3.05) is 5.32 Å². The number of amidine groups is 1. The van der Waals surface area contributed by atoms with E-state index in [0.29, 0.717) is 17.8 Å². The molecular weight excluding hydrogens is 198 g/mol. The van der Waals surface area contributed by atoms with Crippen molar-refractivity contribution in [3.05, 3.63) is 11.8 Å². The Hall–Kier alpha value is -2.05. The molecule has 0 bridgehead atoms. The third kappa shape index (κ3) is 2.70. The fourth-order valence-electron chi connectivity index (χ4n) is 1.06. The molecule has 1 amide bonds. The van der Waals surface area contributed by atoms with Crippen LogP contribution >= 0.6 is 0 Å². The van der Waals surface area contributed by atoms with Crippen LogP contribution in [0.5, 0.6) is 0 Å². The summed E-state index contributed by atoms with van der Waals surface area (Å²) in [7, 11) is 0. The highest BCUT2D eigenvalue weighted by Gasteiger charge is 2.11. The molecule has 82 valence electrons. The van der Waals surface area contributed by atoms with Gasteiger partial charge in [-0.25, -0.2) is 0 Å². The predicted octanol–water partition coefficient (Wildman–Crippen LogP) is 0.243. The lowest BCUT2D eigenvalue weighted by molar-refractivity contribution is -0.116. The van der Waals surface area contributed by atoms with Crippen LogP contribution in [-0.4, -0.2) is 27.1 Å². The molecule has 0 atom stereocenters. The molecule has 7 nitrogen and oxygen atoms in total. The van der Waals surface area contributed by atoms with Crippen LogP contribution in [0.1, 0.15) is 25.3 Å². The number of oxime groups is 1. The van der Waals surface area contributed by atoms with Gasteiger partial charge in [0, 0.05) is 6.42 Å². The number of nitrogens with one attached hydrogen (secondary N) is 2. The van der Waals surface area contributed by atoms with Gasteiger partial charge in [0.2, 0.25) is 5.91 Å². The molecule has 0 saturated heterocycles. The first kappa shape index (κ1) is 11.0. The molecule has 1 heterocycles. The van der Waals surface area contributed by atoms with E-state index >= 15 is 0 Å². The summed E-state index contributed by atoms with van der Waals surface area (Å²) >= 11 is 0. The molecule has 0 aromatic carbocycles. The number of H-pyrrole nitrogens is 1. The van der Waals surface area contributed by atoms with Crippen LogP contribution < -0.4 is 11.1 Å². The van der Waals surface area contributed by atoms with Gasteiger partial charge < -0.3 is 16.3 Å². The van der Waals surface area contributed by atoms with Crippen molar-refractivity contribution >= 4 is 17.6 Å². The Kier molecular flexibility index (Phi) is 3.67. The highest BCUT2D eigenvalue weighted by atomic mass is 16.4. The van der Waals surface area contributed by atoms with Gasteiger partial charge in [0.15, 0.2) is 5.84 Å². The van der Waals surface area contributed by atoms with Crippen molar-refractivity contribution in [1.82, 2.24) is 10.2 Å². The Bertz CT molecular complexity index is 371. The molecule has 0 spiro atoms. The zero-order valence-corrected chi connectivity index (χ0v) is 8.32. The van der Waals surface area contributed by atoms with Gasteiger partial charge in [-0.1, -0.05) is 12.1 Å². The molecule has 0 radical (unpaired) electrons. The molecule has 0 aliphatic carbocycles. The average molecular weight is 211 g/mol. The van der Waals surface area contributed by atoms with E-state index in [0.717, 1.165) is 6.42 Å². The second-order valence-electron chi connectivity index (χ2n) is 2.94. The van der Waals surface area contributed by atoms with Crippen LogP contribution in [0.25, 0.3) is 0 Å². The highest BCUT2D eigenvalue weighted by Crippen LogP contribution is 2.10. The molecule has 0 fully saturated rings. The van der Waals surface area contributed by atoms with Gasteiger partial charge in [-0.2, -0.15) is 5.10 Å². The van der Waals surface area contributed by atoms with E-state index in [1.807, 2.05) is 6.92 Å². The maximum atomic E-state index is 11.3. The Labute approximate surface area is 86.3 Å². The first-order chi connectivity index (χ1) is 7.19. The lowest BCUT2D eigenvalue weighted by Gasteiger charge is -2.03. The predicted molar refractivity (Wildman–Crippen MR) is 54.6 cm³/mol. The monoisotopic (exact) mass is 211 g/mol. The molecule has 5 N–H and O–H groups in total. The molecule has 7 heteroatoms. The Morgan fingerprint density at radius 1 is 1.80 bits per heavy atom. The van der Waals surface area contributed by atoms with Crippen LogP contribution in [0.3, 0.4) is 0 Å². The smallest absolute Gasteiger partial charge is 0.225 e. The Morgan fingerprint density at radius 3 is 3.13 bits per heavy atom. The minimum atomic E-state index is -0.145. The Morgan fingerprint density at radius 2 is 2.53 bits per heavy atom. The molecule has 1 rings (SSSR count). The van der Waals surface area contributed by atoms with E-state index in [-0.39, 0.29) is 11.7 Å². The summed E-state index contributed by atoms with van der Waals surface area (Å²) < 4.78 is 0. The van der Waals surface area contributed by atoms with Gasteiger partial charge in [0.1, 0.15) is 5.82 Å². The summed E-state index contributed by atoms with van der Waals surface area (Å²) in [4.78, 5) is 11.3. The van der Waals surface area contributed by atoms with Crippen molar-refractivity contribution in [2.24, 2.45) is 10.9 Å². The molecule has 0 aliphatic heterocycles. The van der Waals surface area contributed by atoms with Crippen molar-refractivity contribution < 1.29 is 10.0 Å². The lowest BCUT2D eigenvalue weighted by Crippen LogP contribution is -2.18. The van der Waals surface area contributed by atoms with Gasteiger partial charge in [-0.3, -0.25) is 9.89 Å². The van der Waals surface area contributed by atoms with Crippen LogP contribution in [0.4, 0.5) is 5.82 Å². The number of rotatable bonds is 4. The standard InChI is InChI=1S/C8H13N5O2/c1-2-3-6(14)11-8-5(4-10-12-8)7(9)13-15/h4,15H,2-3H2,1H3,(H2,9,13)(H2,10,11,12,14). The first-order valence-electron chi connectivity index (χ1n) is 4.50. The number of carbonyl (C=O) groups is 1. The first-order valence-corrected chi connectivity index (χ1v) is 4.50. The number of nitrogens with two attached hydrogens (primary N) is 1. The fourth-order valence-corrected chi connectivity index (χ4v) is 1.06. The zero-order chi connectivity index (χ0) is 11.3. The molecule has 15 heavy (non-hydrogen) atoms. The number of carbonyl (C=O) groups excluding carboxylic acids is 1. The third-order valence-corrected chi connectivity index (χ3v) is 1.76. The van der Waals surface area contributed by atoms with Crippen molar-refractivity contribution in [2.45, 2.75) is 19.8 Å². The number of amides is 1. The van der Waals surface area contributed by atoms with Gasteiger partial charge in [0.05, 0.1) is 11.8 Å². The molecule has 1 aromatic heterocycles. The number of hydrogen-bond donors (Lipinski definition) is 4. The van der Waals surface area contributed by atoms with Crippen LogP contribution in [-0.2, 0) is 4.79 Å². The van der Waals surface area contributed by atoms with Crippen molar-refractivity contribution in [1.29, 1.82) is 0 Å². The van der Waals surface area contributed by atoms with Gasteiger partial charge in [-0.05, 0) is 6.42 Å². The van der Waals surface area contributed by atoms with Crippen molar-refractivity contribution in [3.8, 4) is 0 Å². The van der Waals surface area contributed by atoms with E-state index in [1.165, 1.54) is 6.20 Å². The summed E-state index contributed by atoms with van der Waals surface area (Å²) in [5, 5.41) is 20.1. The second-order valence-corrected chi connectivity index (χ2v) is 2.94. The fraction of sp³-hybridized carbons (Fsp3) is 0.375. The summed E-state index contributed by atoms with van der Waals surface area (Å²) in [6.45, 7) is 1.90. The maximum absolute atomic E-state index is 11.3. The van der Waals surface area contributed by atoms with Gasteiger partial charge >= 0.3 is 0 Å². The molecule has 1 aromatic rings. The number of hydrogen-bond acceptors (Lipinski definition) is 4. The molecule has 0 unspecified atom stereocenters. The second kappa shape index (κ2) is 4.99.